The van der Waals surface area contributed by atoms with Crippen molar-refractivity contribution in [2.75, 3.05) is 23.7 Å². The van der Waals surface area contributed by atoms with Gasteiger partial charge in [0.05, 0.1) is 0 Å². The molecule has 1 fully saturated rings. The van der Waals surface area contributed by atoms with Gasteiger partial charge >= 0.3 is 0 Å². The molecule has 0 aliphatic carbocycles. The molecule has 1 heterocycles. The number of thioether (sulfide) groups is 1. The zero-order valence-electron chi connectivity index (χ0n) is 9.35. The summed E-state index contributed by atoms with van der Waals surface area (Å²) in [7, 11) is 0. The molecule has 86 valence electrons. The molecule has 16 heavy (non-hydrogen) atoms. The fourth-order valence-electron chi connectivity index (χ4n) is 1.99. The van der Waals surface area contributed by atoms with Gasteiger partial charge in [0.15, 0.2) is 0 Å². The summed E-state index contributed by atoms with van der Waals surface area (Å²) in [6.07, 6.45) is 0. The Hall–Kier alpha value is -0.740. The average Bonchev–Trinajstić information content (AvgIpc) is 2.29. The maximum atomic E-state index is 5.76. The summed E-state index contributed by atoms with van der Waals surface area (Å²) >= 11 is 7.12. The molecule has 4 heteroatoms. The fourth-order valence-corrected chi connectivity index (χ4v) is 3.18. The van der Waals surface area contributed by atoms with E-state index in [1.807, 2.05) is 30.0 Å². The second kappa shape index (κ2) is 5.06. The molecule has 1 aliphatic rings. The van der Waals surface area contributed by atoms with E-state index in [-0.39, 0.29) is 0 Å². The van der Waals surface area contributed by atoms with Gasteiger partial charge in [-0.1, -0.05) is 31.3 Å². The van der Waals surface area contributed by atoms with Crippen molar-refractivity contribution in [2.45, 2.75) is 12.2 Å². The van der Waals surface area contributed by atoms with Gasteiger partial charge in [-0.05, 0) is 12.1 Å². The van der Waals surface area contributed by atoms with Crippen LogP contribution in [-0.2, 0) is 0 Å². The molecular weight excluding hydrogens is 236 g/mol. The first kappa shape index (κ1) is 11.7. The first-order valence-electron chi connectivity index (χ1n) is 5.44. The first-order chi connectivity index (χ1) is 7.68. The fraction of sp³-hybridized carbons (Fsp3) is 0.417. The highest BCUT2D eigenvalue weighted by Crippen LogP contribution is 2.26. The van der Waals surface area contributed by atoms with Crippen molar-refractivity contribution >= 4 is 34.7 Å². The van der Waals surface area contributed by atoms with Crippen molar-refractivity contribution in [2.24, 2.45) is 5.73 Å². The Balaban J connectivity index is 2.28. The van der Waals surface area contributed by atoms with E-state index in [0.29, 0.717) is 10.2 Å². The van der Waals surface area contributed by atoms with E-state index in [1.165, 1.54) is 11.4 Å². The second-order valence-corrected chi connectivity index (χ2v) is 5.99. The highest BCUT2D eigenvalue weighted by atomic mass is 32.2. The van der Waals surface area contributed by atoms with Crippen molar-refractivity contribution in [3.8, 4) is 0 Å². The SMILES string of the molecule is CC1CN(c2ccccc2C(N)=S)CCS1. The van der Waals surface area contributed by atoms with Crippen LogP contribution in [0.1, 0.15) is 12.5 Å². The lowest BCUT2D eigenvalue weighted by molar-refractivity contribution is 0.782. The molecule has 1 aromatic rings. The van der Waals surface area contributed by atoms with Crippen molar-refractivity contribution < 1.29 is 0 Å². The van der Waals surface area contributed by atoms with Crippen LogP contribution < -0.4 is 10.6 Å². The summed E-state index contributed by atoms with van der Waals surface area (Å²) in [4.78, 5) is 2.87. The Morgan fingerprint density at radius 2 is 2.25 bits per heavy atom. The van der Waals surface area contributed by atoms with E-state index < -0.39 is 0 Å². The van der Waals surface area contributed by atoms with Gasteiger partial charge in [-0.15, -0.1) is 0 Å². The molecule has 0 amide bonds. The summed E-state index contributed by atoms with van der Waals surface area (Å²) in [6, 6.07) is 8.14. The maximum absolute atomic E-state index is 5.76. The van der Waals surface area contributed by atoms with Crippen LogP contribution in [0.3, 0.4) is 0 Å². The Morgan fingerprint density at radius 3 is 2.94 bits per heavy atom. The van der Waals surface area contributed by atoms with Crippen LogP contribution in [0, 0.1) is 0 Å². The van der Waals surface area contributed by atoms with E-state index in [0.717, 1.165) is 18.7 Å². The Labute approximate surface area is 106 Å². The quantitative estimate of drug-likeness (QED) is 0.818. The van der Waals surface area contributed by atoms with Gasteiger partial charge in [-0.25, -0.2) is 0 Å². The lowest BCUT2D eigenvalue weighted by Gasteiger charge is -2.33. The normalized spacial score (nSPS) is 20.8. The minimum absolute atomic E-state index is 0.487. The van der Waals surface area contributed by atoms with Gasteiger partial charge in [0.1, 0.15) is 4.99 Å². The lowest BCUT2D eigenvalue weighted by Crippen LogP contribution is -2.37. The third-order valence-electron chi connectivity index (χ3n) is 2.75. The number of para-hydroxylation sites is 1. The van der Waals surface area contributed by atoms with Gasteiger partial charge in [-0.2, -0.15) is 11.8 Å². The Morgan fingerprint density at radius 1 is 1.50 bits per heavy atom. The number of nitrogens with two attached hydrogens (primary N) is 1. The van der Waals surface area contributed by atoms with Crippen LogP contribution >= 0.6 is 24.0 Å². The number of benzene rings is 1. The molecule has 1 aromatic carbocycles. The summed E-state index contributed by atoms with van der Waals surface area (Å²) in [5.74, 6) is 1.17. The van der Waals surface area contributed by atoms with Crippen LogP contribution in [0.4, 0.5) is 5.69 Å². The van der Waals surface area contributed by atoms with E-state index in [4.69, 9.17) is 18.0 Å². The van der Waals surface area contributed by atoms with Crippen molar-refractivity contribution in [3.05, 3.63) is 29.8 Å². The third kappa shape index (κ3) is 2.50. The molecule has 2 rings (SSSR count). The monoisotopic (exact) mass is 252 g/mol. The van der Waals surface area contributed by atoms with Gasteiger partial charge in [0, 0.05) is 35.3 Å². The number of hydrogen-bond acceptors (Lipinski definition) is 3. The highest BCUT2D eigenvalue weighted by molar-refractivity contribution is 8.00. The second-order valence-electron chi connectivity index (χ2n) is 4.01. The van der Waals surface area contributed by atoms with Gasteiger partial charge in [0.25, 0.3) is 0 Å². The van der Waals surface area contributed by atoms with Crippen LogP contribution in [0.5, 0.6) is 0 Å². The zero-order valence-corrected chi connectivity index (χ0v) is 11.0. The summed E-state index contributed by atoms with van der Waals surface area (Å²) in [6.45, 7) is 4.42. The molecule has 0 aromatic heterocycles. The summed E-state index contributed by atoms with van der Waals surface area (Å²) in [5, 5.41) is 0.674. The van der Waals surface area contributed by atoms with Crippen LogP contribution in [0.25, 0.3) is 0 Å². The molecule has 2 nitrogen and oxygen atoms in total. The minimum Gasteiger partial charge on any atom is -0.389 e. The molecule has 0 bridgehead atoms. The topological polar surface area (TPSA) is 29.3 Å². The van der Waals surface area contributed by atoms with Crippen molar-refractivity contribution in [1.29, 1.82) is 0 Å². The number of anilines is 1. The molecule has 1 atom stereocenters. The number of thiocarbonyl (C=S) groups is 1. The van der Waals surface area contributed by atoms with Crippen LogP contribution in [-0.4, -0.2) is 29.1 Å². The summed E-state index contributed by atoms with van der Waals surface area (Å²) < 4.78 is 0. The molecule has 1 saturated heterocycles. The largest absolute Gasteiger partial charge is 0.389 e. The zero-order chi connectivity index (χ0) is 11.5. The van der Waals surface area contributed by atoms with E-state index in [9.17, 15) is 0 Å². The highest BCUT2D eigenvalue weighted by Gasteiger charge is 2.19. The molecule has 1 aliphatic heterocycles. The molecule has 1 unspecified atom stereocenters. The van der Waals surface area contributed by atoms with Crippen molar-refractivity contribution in [1.82, 2.24) is 0 Å². The minimum atomic E-state index is 0.487. The predicted molar refractivity (Wildman–Crippen MR) is 76.5 cm³/mol. The maximum Gasteiger partial charge on any atom is 0.106 e. The number of nitrogens with zero attached hydrogens (tertiary/aromatic N) is 1. The van der Waals surface area contributed by atoms with Crippen LogP contribution in [0.2, 0.25) is 0 Å². The Kier molecular flexibility index (Phi) is 3.71. The van der Waals surface area contributed by atoms with E-state index >= 15 is 0 Å². The van der Waals surface area contributed by atoms with Gasteiger partial charge in [0.2, 0.25) is 0 Å². The average molecular weight is 252 g/mol. The summed E-state index contributed by atoms with van der Waals surface area (Å²) in [5.41, 5.74) is 7.93. The lowest BCUT2D eigenvalue weighted by atomic mass is 10.1. The standard InChI is InChI=1S/C12H16N2S2/c1-9-8-14(6-7-16-9)11-5-3-2-4-10(11)12(13)15/h2-5,9H,6-8H2,1H3,(H2,13,15). The van der Waals surface area contributed by atoms with Crippen LogP contribution in [0.15, 0.2) is 24.3 Å². The number of hydrogen-bond donors (Lipinski definition) is 1. The number of rotatable bonds is 2. The molecule has 0 spiro atoms. The smallest absolute Gasteiger partial charge is 0.106 e. The molecule has 0 radical (unpaired) electrons. The van der Waals surface area contributed by atoms with Gasteiger partial charge in [-0.3, -0.25) is 0 Å². The van der Waals surface area contributed by atoms with Crippen molar-refractivity contribution in [3.63, 3.8) is 0 Å². The Bertz CT molecular complexity index is 392. The predicted octanol–water partition coefficient (Wildman–Crippen LogP) is 2.26. The van der Waals surface area contributed by atoms with Gasteiger partial charge < -0.3 is 10.6 Å². The van der Waals surface area contributed by atoms with E-state index in [2.05, 4.69) is 17.9 Å². The van der Waals surface area contributed by atoms with E-state index in [1.54, 1.807) is 0 Å². The molecule has 0 saturated carbocycles. The molecule has 2 N–H and O–H groups in total. The third-order valence-corrected chi connectivity index (χ3v) is 4.11. The molecular formula is C12H16N2S2. The first-order valence-corrected chi connectivity index (χ1v) is 6.89.